The minimum Gasteiger partial charge on any atom is -0.315 e. The minimum absolute atomic E-state index is 0.121. The molecule has 1 amide bonds. The van der Waals surface area contributed by atoms with Gasteiger partial charge in [0.2, 0.25) is 5.91 Å². The molecule has 0 saturated heterocycles. The monoisotopic (exact) mass is 344 g/mol. The molecule has 126 valence electrons. The fourth-order valence-corrected chi connectivity index (χ4v) is 3.69. The molecule has 3 heterocycles. The summed E-state index contributed by atoms with van der Waals surface area (Å²) in [6, 6.07) is 3.77. The van der Waals surface area contributed by atoms with Gasteiger partial charge in [-0.15, -0.1) is 21.5 Å². The van der Waals surface area contributed by atoms with E-state index in [0.29, 0.717) is 16.5 Å². The number of anilines is 1. The van der Waals surface area contributed by atoms with Gasteiger partial charge in [0.15, 0.2) is 0 Å². The first kappa shape index (κ1) is 16.6. The molecule has 24 heavy (non-hydrogen) atoms. The number of hydrogen-bond donors (Lipinski definition) is 2. The molecule has 2 N–H and O–H groups in total. The van der Waals surface area contributed by atoms with Gasteiger partial charge < -0.3 is 15.2 Å². The Hall–Kier alpha value is -2.24. The maximum atomic E-state index is 12.0. The normalized spacial score (nSPS) is 16.4. The van der Waals surface area contributed by atoms with E-state index in [9.17, 15) is 4.79 Å². The van der Waals surface area contributed by atoms with Crippen LogP contribution in [0.5, 0.6) is 0 Å². The van der Waals surface area contributed by atoms with E-state index in [0.717, 1.165) is 44.0 Å². The Morgan fingerprint density at radius 3 is 3.21 bits per heavy atom. The predicted molar refractivity (Wildman–Crippen MR) is 91.7 cm³/mol. The van der Waals surface area contributed by atoms with Crippen LogP contribution in [0.1, 0.15) is 30.6 Å². The molecule has 1 aliphatic heterocycles. The standard InChI is InChI=1S/C16H20N6OS/c1-2-13-20-21-14-4-3-11(10-22(13)14)8-18-9-15(23)19-16-12(7-17)5-6-24-16/h5-6,11,18H,2-4,8-10H2,1H3,(H,19,23). The van der Waals surface area contributed by atoms with E-state index >= 15 is 0 Å². The summed E-state index contributed by atoms with van der Waals surface area (Å²) in [5, 5.41) is 25.8. The van der Waals surface area contributed by atoms with Crippen LogP contribution in [0.2, 0.25) is 0 Å². The van der Waals surface area contributed by atoms with E-state index in [2.05, 4.69) is 38.4 Å². The first-order valence-corrected chi connectivity index (χ1v) is 8.98. The number of rotatable bonds is 6. The Bertz CT molecular complexity index is 745. The van der Waals surface area contributed by atoms with E-state index in [4.69, 9.17) is 5.26 Å². The molecule has 0 saturated carbocycles. The highest BCUT2D eigenvalue weighted by molar-refractivity contribution is 7.14. The topological polar surface area (TPSA) is 95.6 Å². The Kier molecular flexibility index (Phi) is 5.23. The van der Waals surface area contributed by atoms with Gasteiger partial charge in [0, 0.05) is 25.9 Å². The summed E-state index contributed by atoms with van der Waals surface area (Å²) in [6.07, 6.45) is 2.88. The number of hydrogen-bond acceptors (Lipinski definition) is 6. The Labute approximate surface area is 144 Å². The van der Waals surface area contributed by atoms with Gasteiger partial charge in [-0.05, 0) is 23.8 Å². The van der Waals surface area contributed by atoms with Crippen molar-refractivity contribution in [3.63, 3.8) is 0 Å². The van der Waals surface area contributed by atoms with E-state index in [1.165, 1.54) is 11.3 Å². The number of carbonyl (C=O) groups excluding carboxylic acids is 1. The van der Waals surface area contributed by atoms with Crippen LogP contribution in [-0.2, 0) is 24.2 Å². The lowest BCUT2D eigenvalue weighted by Gasteiger charge is -2.24. The zero-order chi connectivity index (χ0) is 16.9. The van der Waals surface area contributed by atoms with Crippen LogP contribution in [0.3, 0.4) is 0 Å². The van der Waals surface area contributed by atoms with Gasteiger partial charge >= 0.3 is 0 Å². The SMILES string of the molecule is CCc1nnc2n1CC(CNCC(=O)Nc1sccc1C#N)CC2. The van der Waals surface area contributed by atoms with Crippen molar-refractivity contribution in [2.24, 2.45) is 5.92 Å². The van der Waals surface area contributed by atoms with Gasteiger partial charge in [0.25, 0.3) is 0 Å². The lowest BCUT2D eigenvalue weighted by Crippen LogP contribution is -2.35. The summed E-state index contributed by atoms with van der Waals surface area (Å²) in [7, 11) is 0. The number of fused-ring (bicyclic) bond motifs is 1. The van der Waals surface area contributed by atoms with Crippen LogP contribution in [0, 0.1) is 17.2 Å². The zero-order valence-corrected chi connectivity index (χ0v) is 14.4. The zero-order valence-electron chi connectivity index (χ0n) is 13.6. The highest BCUT2D eigenvalue weighted by atomic mass is 32.1. The Morgan fingerprint density at radius 1 is 1.54 bits per heavy atom. The maximum absolute atomic E-state index is 12.0. The molecule has 0 spiro atoms. The van der Waals surface area contributed by atoms with E-state index in [-0.39, 0.29) is 12.5 Å². The first-order chi connectivity index (χ1) is 11.7. The summed E-state index contributed by atoms with van der Waals surface area (Å²) < 4.78 is 2.21. The third-order valence-corrected chi connectivity index (χ3v) is 5.02. The first-order valence-electron chi connectivity index (χ1n) is 8.10. The summed E-state index contributed by atoms with van der Waals surface area (Å²) in [6.45, 7) is 4.02. The number of nitrogens with zero attached hydrogens (tertiary/aromatic N) is 4. The van der Waals surface area contributed by atoms with Gasteiger partial charge in [-0.2, -0.15) is 5.26 Å². The van der Waals surface area contributed by atoms with E-state index in [1.807, 2.05) is 0 Å². The number of nitriles is 1. The van der Waals surface area contributed by atoms with E-state index in [1.54, 1.807) is 11.4 Å². The number of nitrogens with one attached hydrogen (secondary N) is 2. The average Bonchev–Trinajstić information content (AvgIpc) is 3.20. The lowest BCUT2D eigenvalue weighted by atomic mass is 9.99. The third kappa shape index (κ3) is 3.63. The number of thiophene rings is 1. The van der Waals surface area contributed by atoms with Crippen LogP contribution in [0.25, 0.3) is 0 Å². The summed E-state index contributed by atoms with van der Waals surface area (Å²) in [4.78, 5) is 12.0. The molecule has 1 atom stereocenters. The molecule has 0 bridgehead atoms. The molecule has 7 nitrogen and oxygen atoms in total. The van der Waals surface area contributed by atoms with Gasteiger partial charge in [0.1, 0.15) is 22.7 Å². The highest BCUT2D eigenvalue weighted by Gasteiger charge is 2.22. The molecule has 1 aliphatic rings. The van der Waals surface area contributed by atoms with Crippen LogP contribution in [0.4, 0.5) is 5.00 Å². The number of carbonyl (C=O) groups is 1. The molecule has 0 aliphatic carbocycles. The highest BCUT2D eigenvalue weighted by Crippen LogP contribution is 2.22. The van der Waals surface area contributed by atoms with Gasteiger partial charge in [-0.1, -0.05) is 6.92 Å². The largest absolute Gasteiger partial charge is 0.315 e. The van der Waals surface area contributed by atoms with Crippen LogP contribution in [-0.4, -0.2) is 33.8 Å². The van der Waals surface area contributed by atoms with Gasteiger partial charge in [-0.25, -0.2) is 0 Å². The number of aromatic nitrogens is 3. The van der Waals surface area contributed by atoms with Crippen molar-refractivity contribution in [2.75, 3.05) is 18.4 Å². The molecule has 0 aromatic carbocycles. The summed E-state index contributed by atoms with van der Waals surface area (Å²) >= 11 is 1.36. The molecule has 0 fully saturated rings. The summed E-state index contributed by atoms with van der Waals surface area (Å²) in [5.41, 5.74) is 0.507. The minimum atomic E-state index is -0.121. The molecule has 3 rings (SSSR count). The molecular weight excluding hydrogens is 324 g/mol. The second kappa shape index (κ2) is 7.55. The predicted octanol–water partition coefficient (Wildman–Crippen LogP) is 1.56. The van der Waals surface area contributed by atoms with Crippen LogP contribution in [0.15, 0.2) is 11.4 Å². The number of amides is 1. The molecule has 2 aromatic heterocycles. The molecular formula is C16H20N6OS. The van der Waals surface area contributed by atoms with Crippen molar-refractivity contribution in [1.82, 2.24) is 20.1 Å². The molecule has 1 unspecified atom stereocenters. The Balaban J connectivity index is 1.45. The molecule has 8 heteroatoms. The fourth-order valence-electron chi connectivity index (χ4n) is 2.93. The van der Waals surface area contributed by atoms with Crippen molar-refractivity contribution >= 4 is 22.2 Å². The van der Waals surface area contributed by atoms with E-state index < -0.39 is 0 Å². The van der Waals surface area contributed by atoms with Gasteiger partial charge in [0.05, 0.1) is 12.1 Å². The quantitative estimate of drug-likeness (QED) is 0.829. The summed E-state index contributed by atoms with van der Waals surface area (Å²) in [5.74, 6) is 2.46. The van der Waals surface area contributed by atoms with Crippen molar-refractivity contribution < 1.29 is 4.79 Å². The molecule has 2 aromatic rings. The second-order valence-electron chi connectivity index (χ2n) is 5.86. The second-order valence-corrected chi connectivity index (χ2v) is 6.77. The fraction of sp³-hybridized carbons (Fsp3) is 0.500. The van der Waals surface area contributed by atoms with Gasteiger partial charge in [-0.3, -0.25) is 4.79 Å². The van der Waals surface area contributed by atoms with Crippen molar-refractivity contribution in [1.29, 1.82) is 5.26 Å². The number of aryl methyl sites for hydroxylation is 2. The Morgan fingerprint density at radius 2 is 2.42 bits per heavy atom. The smallest absolute Gasteiger partial charge is 0.238 e. The third-order valence-electron chi connectivity index (χ3n) is 4.19. The van der Waals surface area contributed by atoms with Crippen molar-refractivity contribution in [2.45, 2.75) is 32.7 Å². The van der Waals surface area contributed by atoms with Crippen molar-refractivity contribution in [3.8, 4) is 6.07 Å². The lowest BCUT2D eigenvalue weighted by molar-refractivity contribution is -0.115. The molecule has 0 radical (unpaired) electrons. The average molecular weight is 344 g/mol. The maximum Gasteiger partial charge on any atom is 0.238 e. The van der Waals surface area contributed by atoms with Crippen LogP contribution < -0.4 is 10.6 Å². The van der Waals surface area contributed by atoms with Crippen molar-refractivity contribution in [3.05, 3.63) is 28.7 Å². The van der Waals surface area contributed by atoms with Crippen LogP contribution >= 0.6 is 11.3 Å².